The van der Waals surface area contributed by atoms with Gasteiger partial charge in [0.2, 0.25) is 0 Å². The van der Waals surface area contributed by atoms with Crippen LogP contribution in [0.2, 0.25) is 0 Å². The Labute approximate surface area is 69.9 Å². The zero-order chi connectivity index (χ0) is 8.06. The number of hydrogen-bond donors (Lipinski definition) is 0. The maximum absolute atomic E-state index is 6.01. The quantitative estimate of drug-likeness (QED) is 0.512. The molecule has 0 aromatic heterocycles. The summed E-state index contributed by atoms with van der Waals surface area (Å²) in [5.74, 6) is 1.66. The van der Waals surface area contributed by atoms with Crippen molar-refractivity contribution in [1.82, 2.24) is 0 Å². The van der Waals surface area contributed by atoms with Crippen LogP contribution in [-0.2, 0) is 4.74 Å². The molecule has 0 N–H and O–H groups in total. The van der Waals surface area contributed by atoms with Crippen LogP contribution in [0.5, 0.6) is 0 Å². The SMILES string of the molecule is B[C@@H]1O[C@@]2(CC)CCC1C2C. The highest BCUT2D eigenvalue weighted by atomic mass is 16.5. The Balaban J connectivity index is 2.24. The van der Waals surface area contributed by atoms with Crippen LogP contribution >= 0.6 is 0 Å². The molecular weight excluding hydrogens is 135 g/mol. The highest BCUT2D eigenvalue weighted by Gasteiger charge is 2.54. The van der Waals surface area contributed by atoms with E-state index < -0.39 is 0 Å². The van der Waals surface area contributed by atoms with Gasteiger partial charge in [-0.3, -0.25) is 0 Å². The van der Waals surface area contributed by atoms with E-state index in [9.17, 15) is 0 Å². The number of rotatable bonds is 1. The molecule has 2 bridgehead atoms. The second-order valence-electron chi connectivity index (χ2n) is 4.23. The summed E-state index contributed by atoms with van der Waals surface area (Å²) in [6, 6.07) is 0.527. The van der Waals surface area contributed by atoms with Crippen molar-refractivity contribution in [3.63, 3.8) is 0 Å². The van der Waals surface area contributed by atoms with E-state index in [0.29, 0.717) is 6.00 Å². The fourth-order valence-corrected chi connectivity index (χ4v) is 3.13. The first-order valence-electron chi connectivity index (χ1n) is 4.87. The normalized spacial score (nSPS) is 55.3. The zero-order valence-electron chi connectivity index (χ0n) is 7.76. The van der Waals surface area contributed by atoms with E-state index in [2.05, 4.69) is 21.7 Å². The van der Waals surface area contributed by atoms with Crippen LogP contribution in [0.15, 0.2) is 0 Å². The fourth-order valence-electron chi connectivity index (χ4n) is 3.13. The fraction of sp³-hybridized carbons (Fsp3) is 1.00. The Morgan fingerprint density at radius 1 is 1.64 bits per heavy atom. The van der Waals surface area contributed by atoms with E-state index in [0.717, 1.165) is 11.8 Å². The summed E-state index contributed by atoms with van der Waals surface area (Å²) < 4.78 is 6.01. The second kappa shape index (κ2) is 2.26. The molecular formula is C9H17BO. The third-order valence-corrected chi connectivity index (χ3v) is 3.99. The number of ether oxygens (including phenoxy) is 1. The minimum absolute atomic E-state index is 0.282. The van der Waals surface area contributed by atoms with Crippen LogP contribution in [0.1, 0.15) is 33.1 Å². The molecule has 1 saturated carbocycles. The van der Waals surface area contributed by atoms with E-state index in [1.54, 1.807) is 0 Å². The van der Waals surface area contributed by atoms with E-state index in [1.807, 2.05) is 0 Å². The Bertz CT molecular complexity index is 171. The Hall–Kier alpha value is 0.0249. The molecule has 2 unspecified atom stereocenters. The highest BCUT2D eigenvalue weighted by Crippen LogP contribution is 2.53. The van der Waals surface area contributed by atoms with Crippen LogP contribution in [0.25, 0.3) is 0 Å². The summed E-state index contributed by atoms with van der Waals surface area (Å²) in [4.78, 5) is 0. The molecule has 0 amide bonds. The van der Waals surface area contributed by atoms with Gasteiger partial charge in [-0.15, -0.1) is 0 Å². The maximum atomic E-state index is 6.01. The molecule has 2 fully saturated rings. The largest absolute Gasteiger partial charge is 0.380 e. The third kappa shape index (κ3) is 0.822. The average Bonchev–Trinajstić information content (AvgIpc) is 2.42. The van der Waals surface area contributed by atoms with E-state index in [4.69, 9.17) is 4.74 Å². The highest BCUT2D eigenvalue weighted by molar-refractivity contribution is 6.11. The Kier molecular flexibility index (Phi) is 1.57. The van der Waals surface area contributed by atoms with Crippen LogP contribution in [-0.4, -0.2) is 19.5 Å². The molecule has 1 saturated heterocycles. The monoisotopic (exact) mass is 152 g/mol. The lowest BCUT2D eigenvalue weighted by atomic mass is 9.81. The van der Waals surface area contributed by atoms with Crippen LogP contribution in [0.3, 0.4) is 0 Å². The van der Waals surface area contributed by atoms with Gasteiger partial charge in [0.15, 0.2) is 0 Å². The molecule has 0 aromatic carbocycles. The van der Waals surface area contributed by atoms with Crippen molar-refractivity contribution < 1.29 is 4.74 Å². The summed E-state index contributed by atoms with van der Waals surface area (Å²) in [6.07, 6.45) is 3.91. The van der Waals surface area contributed by atoms with Gasteiger partial charge < -0.3 is 4.74 Å². The maximum Gasteiger partial charge on any atom is 0.139 e. The Morgan fingerprint density at radius 2 is 2.36 bits per heavy atom. The van der Waals surface area contributed by atoms with Crippen LogP contribution in [0, 0.1) is 11.8 Å². The molecule has 1 aliphatic carbocycles. The topological polar surface area (TPSA) is 9.23 Å². The molecule has 11 heavy (non-hydrogen) atoms. The summed E-state index contributed by atoms with van der Waals surface area (Å²) in [7, 11) is 2.23. The summed E-state index contributed by atoms with van der Waals surface area (Å²) in [6.45, 7) is 4.63. The standard InChI is InChI=1S/C9H17BO/c1-3-9-5-4-7(6(9)2)8(10)11-9/h6-8H,3-5,10H2,1-2H3/t6?,7?,8-,9+/m1/s1. The molecule has 2 heteroatoms. The van der Waals surface area contributed by atoms with Gasteiger partial charge in [-0.05, 0) is 31.1 Å². The van der Waals surface area contributed by atoms with E-state index >= 15 is 0 Å². The van der Waals surface area contributed by atoms with Crippen molar-refractivity contribution in [1.29, 1.82) is 0 Å². The van der Waals surface area contributed by atoms with Crippen molar-refractivity contribution in [3.8, 4) is 0 Å². The first-order valence-corrected chi connectivity index (χ1v) is 4.87. The van der Waals surface area contributed by atoms with Crippen molar-refractivity contribution in [3.05, 3.63) is 0 Å². The molecule has 1 heterocycles. The summed E-state index contributed by atoms with van der Waals surface area (Å²) >= 11 is 0. The molecule has 62 valence electrons. The van der Waals surface area contributed by atoms with Gasteiger partial charge in [0, 0.05) is 6.00 Å². The lowest BCUT2D eigenvalue weighted by molar-refractivity contribution is -0.0489. The van der Waals surface area contributed by atoms with Crippen molar-refractivity contribution in [2.75, 3.05) is 0 Å². The van der Waals surface area contributed by atoms with Gasteiger partial charge in [-0.2, -0.15) is 0 Å². The predicted octanol–water partition coefficient (Wildman–Crippen LogP) is 1.17. The van der Waals surface area contributed by atoms with E-state index in [-0.39, 0.29) is 5.60 Å². The smallest absolute Gasteiger partial charge is 0.139 e. The zero-order valence-corrected chi connectivity index (χ0v) is 7.76. The first kappa shape index (κ1) is 7.66. The molecule has 2 aliphatic rings. The molecule has 4 atom stereocenters. The first-order chi connectivity index (χ1) is 5.19. The molecule has 0 radical (unpaired) electrons. The molecule has 1 nitrogen and oxygen atoms in total. The van der Waals surface area contributed by atoms with Crippen molar-refractivity contribution in [2.45, 2.75) is 44.7 Å². The number of hydrogen-bond acceptors (Lipinski definition) is 1. The minimum atomic E-state index is 0.282. The summed E-state index contributed by atoms with van der Waals surface area (Å²) in [5.41, 5.74) is 0.282. The molecule has 2 rings (SSSR count). The van der Waals surface area contributed by atoms with Gasteiger partial charge >= 0.3 is 0 Å². The van der Waals surface area contributed by atoms with Gasteiger partial charge in [0.25, 0.3) is 0 Å². The second-order valence-corrected chi connectivity index (χ2v) is 4.23. The minimum Gasteiger partial charge on any atom is -0.380 e. The van der Waals surface area contributed by atoms with Gasteiger partial charge in [0.05, 0.1) is 5.60 Å². The lowest BCUT2D eigenvalue weighted by Crippen LogP contribution is -2.32. The Morgan fingerprint density at radius 3 is 2.64 bits per heavy atom. The van der Waals surface area contributed by atoms with Gasteiger partial charge in [-0.1, -0.05) is 13.8 Å². The third-order valence-electron chi connectivity index (χ3n) is 3.99. The van der Waals surface area contributed by atoms with Crippen molar-refractivity contribution >= 4 is 7.85 Å². The summed E-state index contributed by atoms with van der Waals surface area (Å²) in [5, 5.41) is 0. The number of fused-ring (bicyclic) bond motifs is 2. The molecule has 1 aliphatic heterocycles. The van der Waals surface area contributed by atoms with Crippen LogP contribution < -0.4 is 0 Å². The van der Waals surface area contributed by atoms with Gasteiger partial charge in [0.1, 0.15) is 7.85 Å². The van der Waals surface area contributed by atoms with Gasteiger partial charge in [-0.25, -0.2) is 0 Å². The van der Waals surface area contributed by atoms with Crippen LogP contribution in [0.4, 0.5) is 0 Å². The van der Waals surface area contributed by atoms with E-state index in [1.165, 1.54) is 19.3 Å². The lowest BCUT2D eigenvalue weighted by Gasteiger charge is -2.30. The van der Waals surface area contributed by atoms with Crippen molar-refractivity contribution in [2.24, 2.45) is 11.8 Å². The predicted molar refractivity (Wildman–Crippen MR) is 48.3 cm³/mol. The molecule has 0 spiro atoms. The average molecular weight is 152 g/mol. The molecule has 0 aromatic rings.